The second-order valence-corrected chi connectivity index (χ2v) is 12.7. The third kappa shape index (κ3) is 8.32. The first-order valence-electron chi connectivity index (χ1n) is 14.9. The number of nitrogens with one attached hydrogen (secondary N) is 3. The predicted octanol–water partition coefficient (Wildman–Crippen LogP) is 2.67. The molecule has 0 bridgehead atoms. The van der Waals surface area contributed by atoms with Gasteiger partial charge in [0.1, 0.15) is 11.7 Å². The molecule has 14 heteroatoms. The summed E-state index contributed by atoms with van der Waals surface area (Å²) in [6.07, 6.45) is -1.19. The van der Waals surface area contributed by atoms with E-state index in [9.17, 15) is 32.4 Å². The lowest BCUT2D eigenvalue weighted by Gasteiger charge is -2.26. The Morgan fingerprint density at radius 2 is 1.56 bits per heavy atom. The molecular formula is C34H36N4O9S. The van der Waals surface area contributed by atoms with Crippen LogP contribution in [0.15, 0.2) is 102 Å². The fourth-order valence-corrected chi connectivity index (χ4v) is 6.17. The van der Waals surface area contributed by atoms with Crippen LogP contribution in [0.25, 0.3) is 0 Å². The highest BCUT2D eigenvalue weighted by molar-refractivity contribution is 7.89. The highest BCUT2D eigenvalue weighted by Gasteiger charge is 2.51. The van der Waals surface area contributed by atoms with Crippen LogP contribution in [0.4, 0.5) is 4.79 Å². The molecule has 4 rings (SSSR count). The Morgan fingerprint density at radius 3 is 2.15 bits per heavy atom. The summed E-state index contributed by atoms with van der Waals surface area (Å²) < 4.78 is 38.4. The molecule has 3 aromatic carbocycles. The number of hydrogen-bond donors (Lipinski definition) is 3. The van der Waals surface area contributed by atoms with Crippen LogP contribution in [-0.4, -0.2) is 68.3 Å². The molecule has 1 heterocycles. The van der Waals surface area contributed by atoms with E-state index in [1.54, 1.807) is 79.7 Å². The zero-order valence-electron chi connectivity index (χ0n) is 26.7. The van der Waals surface area contributed by atoms with Crippen molar-refractivity contribution < 1.29 is 41.9 Å². The fourth-order valence-electron chi connectivity index (χ4n) is 4.97. The first kappa shape index (κ1) is 35.5. The number of benzene rings is 3. The van der Waals surface area contributed by atoms with Gasteiger partial charge in [0.25, 0.3) is 5.91 Å². The van der Waals surface area contributed by atoms with Crippen molar-refractivity contribution in [2.75, 3.05) is 7.11 Å². The third-order valence-corrected chi connectivity index (χ3v) is 9.08. The van der Waals surface area contributed by atoms with Crippen molar-refractivity contribution in [2.45, 2.75) is 56.3 Å². The van der Waals surface area contributed by atoms with Gasteiger partial charge < -0.3 is 20.1 Å². The van der Waals surface area contributed by atoms with Gasteiger partial charge in [-0.15, -0.1) is 0 Å². The molecule has 1 aliphatic rings. The highest BCUT2D eigenvalue weighted by Crippen LogP contribution is 2.34. The largest absolute Gasteiger partial charge is 0.467 e. The average molecular weight is 677 g/mol. The number of aryl methyl sites for hydroxylation is 1. The Labute approximate surface area is 278 Å². The number of amides is 4. The molecule has 0 radical (unpaired) electrons. The predicted molar refractivity (Wildman–Crippen MR) is 173 cm³/mol. The number of methoxy groups -OCH3 is 1. The van der Waals surface area contributed by atoms with Crippen molar-refractivity contribution in [1.29, 1.82) is 0 Å². The molecule has 4 amide bonds. The minimum absolute atomic E-state index is 0.0529. The lowest BCUT2D eigenvalue weighted by atomic mass is 9.99. The number of allylic oxidation sites excluding steroid dienone is 1. The fraction of sp³-hybridized carbons (Fsp3) is 0.265. The highest BCUT2D eigenvalue weighted by atomic mass is 32.2. The molecule has 48 heavy (non-hydrogen) atoms. The molecule has 1 fully saturated rings. The van der Waals surface area contributed by atoms with Crippen molar-refractivity contribution in [3.63, 3.8) is 0 Å². The van der Waals surface area contributed by atoms with Crippen LogP contribution in [-0.2, 0) is 45.1 Å². The molecule has 3 N–H and O–H groups in total. The van der Waals surface area contributed by atoms with E-state index >= 15 is 0 Å². The van der Waals surface area contributed by atoms with Gasteiger partial charge in [-0.25, -0.2) is 22.9 Å². The summed E-state index contributed by atoms with van der Waals surface area (Å²) in [5, 5.41) is 4.95. The summed E-state index contributed by atoms with van der Waals surface area (Å²) in [6.45, 7) is 4.49. The summed E-state index contributed by atoms with van der Waals surface area (Å²) in [5.41, 5.74) is 1.53. The van der Waals surface area contributed by atoms with Crippen LogP contribution < -0.4 is 15.4 Å². The molecule has 252 valence electrons. The summed E-state index contributed by atoms with van der Waals surface area (Å²) >= 11 is 0. The molecule has 0 saturated carbocycles. The van der Waals surface area contributed by atoms with Crippen LogP contribution in [0, 0.1) is 6.92 Å². The molecule has 4 atom stereocenters. The van der Waals surface area contributed by atoms with Crippen LogP contribution in [0.1, 0.15) is 36.6 Å². The summed E-state index contributed by atoms with van der Waals surface area (Å²) in [6, 6.07) is 18.9. The number of cyclic esters (lactones) is 1. The number of rotatable bonds is 12. The zero-order valence-corrected chi connectivity index (χ0v) is 27.5. The number of carbonyl (C=O) groups is 5. The Balaban J connectivity index is 1.58. The van der Waals surface area contributed by atoms with Gasteiger partial charge in [-0.2, -0.15) is 4.72 Å². The van der Waals surface area contributed by atoms with E-state index in [0.29, 0.717) is 16.0 Å². The van der Waals surface area contributed by atoms with Gasteiger partial charge in [0, 0.05) is 6.42 Å². The molecule has 3 aromatic rings. The smallest absolute Gasteiger partial charge is 0.418 e. The third-order valence-electron chi connectivity index (χ3n) is 7.52. The van der Waals surface area contributed by atoms with Crippen molar-refractivity contribution >= 4 is 39.8 Å². The molecule has 0 aliphatic carbocycles. The topological polar surface area (TPSA) is 177 Å². The number of sulfonamides is 1. The van der Waals surface area contributed by atoms with E-state index in [0.717, 1.165) is 5.56 Å². The summed E-state index contributed by atoms with van der Waals surface area (Å²) in [5.74, 6) is -3.65. The number of carbonyl (C=O) groups excluding carboxylic acids is 5. The van der Waals surface area contributed by atoms with Gasteiger partial charge in [0.05, 0.1) is 18.0 Å². The Hall–Kier alpha value is -5.34. The quantitative estimate of drug-likeness (QED) is 0.192. The van der Waals surface area contributed by atoms with E-state index < -0.39 is 69.7 Å². The Kier molecular flexibility index (Phi) is 11.5. The maximum Gasteiger partial charge on any atom is 0.418 e. The second kappa shape index (κ2) is 15.5. The minimum Gasteiger partial charge on any atom is -0.467 e. The zero-order chi connectivity index (χ0) is 35.0. The van der Waals surface area contributed by atoms with Gasteiger partial charge in [0.2, 0.25) is 21.8 Å². The average Bonchev–Trinajstić information content (AvgIpc) is 3.43. The van der Waals surface area contributed by atoms with E-state index in [4.69, 9.17) is 9.47 Å². The Bertz CT molecular complexity index is 1800. The SMILES string of the molecule is C/C=C(\NC(=O)[C@H](C)NS(=O)(=O)c1ccc(C)cc1)C(=O)N1C(=O)OC(c2ccccc2)[C@@H]1C(=O)N[C@@H](Cc1ccccc1)C(=O)OC. The maximum absolute atomic E-state index is 13.9. The van der Waals surface area contributed by atoms with Crippen molar-refractivity contribution in [1.82, 2.24) is 20.3 Å². The summed E-state index contributed by atoms with van der Waals surface area (Å²) in [7, 11) is -2.93. The van der Waals surface area contributed by atoms with E-state index in [1.807, 2.05) is 0 Å². The second-order valence-electron chi connectivity index (χ2n) is 11.0. The number of ether oxygens (including phenoxy) is 2. The summed E-state index contributed by atoms with van der Waals surface area (Å²) in [4.78, 5) is 67.4. The minimum atomic E-state index is -4.10. The van der Waals surface area contributed by atoms with Crippen LogP contribution >= 0.6 is 0 Å². The number of esters is 1. The molecule has 1 aliphatic heterocycles. The number of imide groups is 1. The van der Waals surface area contributed by atoms with Gasteiger partial charge >= 0.3 is 12.1 Å². The number of nitrogens with zero attached hydrogens (tertiary/aromatic N) is 1. The molecule has 0 spiro atoms. The lowest BCUT2D eigenvalue weighted by Crippen LogP contribution is -2.55. The maximum atomic E-state index is 13.9. The van der Waals surface area contributed by atoms with Gasteiger partial charge in [0.15, 0.2) is 12.1 Å². The van der Waals surface area contributed by atoms with Crippen molar-refractivity contribution in [2.24, 2.45) is 0 Å². The molecular weight excluding hydrogens is 640 g/mol. The van der Waals surface area contributed by atoms with Crippen LogP contribution in [0.2, 0.25) is 0 Å². The Morgan fingerprint density at radius 1 is 0.958 bits per heavy atom. The van der Waals surface area contributed by atoms with Crippen LogP contribution in [0.3, 0.4) is 0 Å². The first-order chi connectivity index (χ1) is 22.9. The standard InChI is InChI=1S/C34H36N4O9S/c1-5-26(35-30(39)22(3)37-48(44,45)25-18-16-21(2)17-19-25)32(41)38-28(29(47-34(38)43)24-14-10-7-11-15-24)31(40)36-27(33(42)46-4)20-23-12-8-6-9-13-23/h5-19,22,27-29,37H,20H2,1-4H3,(H,35,39)(H,36,40)/b26-5-/t22-,27-,28+,29?/m0/s1. The van der Waals surface area contributed by atoms with Gasteiger partial charge in [-0.1, -0.05) is 84.4 Å². The van der Waals surface area contributed by atoms with Crippen LogP contribution in [0.5, 0.6) is 0 Å². The van der Waals surface area contributed by atoms with Gasteiger partial charge in [-0.05, 0) is 44.0 Å². The van der Waals surface area contributed by atoms with E-state index in [2.05, 4.69) is 15.4 Å². The molecule has 0 aromatic heterocycles. The van der Waals surface area contributed by atoms with Crippen molar-refractivity contribution in [3.8, 4) is 0 Å². The van der Waals surface area contributed by atoms with Crippen molar-refractivity contribution in [3.05, 3.63) is 113 Å². The number of hydrogen-bond acceptors (Lipinski definition) is 9. The van der Waals surface area contributed by atoms with E-state index in [1.165, 1.54) is 39.2 Å². The lowest BCUT2D eigenvalue weighted by molar-refractivity contribution is -0.146. The molecule has 1 saturated heterocycles. The molecule has 13 nitrogen and oxygen atoms in total. The van der Waals surface area contributed by atoms with E-state index in [-0.39, 0.29) is 11.3 Å². The monoisotopic (exact) mass is 676 g/mol. The van der Waals surface area contributed by atoms with Gasteiger partial charge in [-0.3, -0.25) is 14.4 Å². The first-order valence-corrected chi connectivity index (χ1v) is 16.4. The normalized spacial score (nSPS) is 17.5. The molecule has 1 unspecified atom stereocenters.